The summed E-state index contributed by atoms with van der Waals surface area (Å²) in [7, 11) is -1.79. The van der Waals surface area contributed by atoms with Crippen molar-refractivity contribution in [3.63, 3.8) is 0 Å². The Morgan fingerprint density at radius 3 is 2.52 bits per heavy atom. The number of aryl methyl sites for hydroxylation is 1. The number of hydrogen-bond acceptors (Lipinski definition) is 3. The molecule has 0 radical (unpaired) electrons. The first-order valence-corrected chi connectivity index (χ1v) is 11.5. The van der Waals surface area contributed by atoms with Gasteiger partial charge >= 0.3 is 0 Å². The van der Waals surface area contributed by atoms with Crippen LogP contribution in [0.5, 0.6) is 0 Å². The van der Waals surface area contributed by atoms with Crippen LogP contribution in [0.4, 0.5) is 0 Å². The highest BCUT2D eigenvalue weighted by Crippen LogP contribution is 2.39. The van der Waals surface area contributed by atoms with Gasteiger partial charge in [0.2, 0.25) is 0 Å². The van der Waals surface area contributed by atoms with E-state index in [0.717, 1.165) is 32.1 Å². The molecule has 0 saturated carbocycles. The molecule has 1 aromatic rings. The highest BCUT2D eigenvalue weighted by molar-refractivity contribution is 6.74. The van der Waals surface area contributed by atoms with E-state index in [1.165, 1.54) is 5.56 Å². The molecule has 1 aliphatic rings. The van der Waals surface area contributed by atoms with Crippen LogP contribution in [0.1, 0.15) is 39.2 Å². The van der Waals surface area contributed by atoms with Crippen molar-refractivity contribution in [3.05, 3.63) is 35.9 Å². The Hall–Kier alpha value is -0.973. The largest absolute Gasteiger partial charge is 0.413 e. The maximum Gasteiger partial charge on any atom is 0.192 e. The number of aldehydes is 1. The summed E-state index contributed by atoms with van der Waals surface area (Å²) in [6.07, 6.45) is 3.79. The molecule has 3 nitrogen and oxygen atoms in total. The SMILES string of the molecule is CC(C)(C)[Si](C)(C)OC1CN[C@@](C=O)(CCc2ccccc2)C1. The molecule has 1 fully saturated rings. The summed E-state index contributed by atoms with van der Waals surface area (Å²) in [5.41, 5.74) is 0.854. The van der Waals surface area contributed by atoms with Crippen molar-refractivity contribution >= 4 is 14.6 Å². The van der Waals surface area contributed by atoms with Gasteiger partial charge < -0.3 is 14.5 Å². The molecule has 1 aromatic carbocycles. The van der Waals surface area contributed by atoms with E-state index in [0.29, 0.717) is 0 Å². The van der Waals surface area contributed by atoms with Gasteiger partial charge in [-0.15, -0.1) is 0 Å². The van der Waals surface area contributed by atoms with Crippen molar-refractivity contribution in [2.24, 2.45) is 0 Å². The summed E-state index contributed by atoms with van der Waals surface area (Å²) in [5, 5.41) is 3.64. The summed E-state index contributed by atoms with van der Waals surface area (Å²) in [6.45, 7) is 12.1. The van der Waals surface area contributed by atoms with E-state index < -0.39 is 13.9 Å². The summed E-state index contributed by atoms with van der Waals surface area (Å²) < 4.78 is 6.49. The van der Waals surface area contributed by atoms with Crippen LogP contribution in [0.25, 0.3) is 0 Å². The summed E-state index contributed by atoms with van der Waals surface area (Å²) in [6, 6.07) is 10.4. The van der Waals surface area contributed by atoms with Gasteiger partial charge in [0.15, 0.2) is 8.32 Å². The number of benzene rings is 1. The predicted octanol–water partition coefficient (Wildman–Crippen LogP) is 3.94. The van der Waals surface area contributed by atoms with Crippen LogP contribution in [0.3, 0.4) is 0 Å². The van der Waals surface area contributed by atoms with Gasteiger partial charge in [0.05, 0.1) is 11.6 Å². The molecule has 0 bridgehead atoms. The molecule has 1 N–H and O–H groups in total. The molecule has 0 amide bonds. The number of nitrogens with one attached hydrogen (secondary N) is 1. The lowest BCUT2D eigenvalue weighted by Crippen LogP contribution is -2.44. The third-order valence-electron chi connectivity index (χ3n) is 5.47. The molecular weight excluding hydrogens is 302 g/mol. The average Bonchev–Trinajstić information content (AvgIpc) is 2.88. The van der Waals surface area contributed by atoms with Crippen LogP contribution in [-0.4, -0.2) is 32.8 Å². The van der Waals surface area contributed by atoms with Gasteiger partial charge in [-0.2, -0.15) is 0 Å². The Bertz CT molecular complexity index is 524. The summed E-state index contributed by atoms with van der Waals surface area (Å²) in [4.78, 5) is 11.8. The van der Waals surface area contributed by atoms with Gasteiger partial charge in [0, 0.05) is 6.54 Å². The minimum absolute atomic E-state index is 0.150. The standard InChI is InChI=1S/C19H31NO2Si/c1-18(2,3)23(4,5)22-17-13-19(15-21,20-14-17)12-11-16-9-7-6-8-10-16/h6-10,15,17,20H,11-14H2,1-5H3/t17?,19-/m0/s1. The van der Waals surface area contributed by atoms with E-state index >= 15 is 0 Å². The van der Waals surface area contributed by atoms with Gasteiger partial charge in [-0.1, -0.05) is 51.1 Å². The van der Waals surface area contributed by atoms with Crippen LogP contribution >= 0.6 is 0 Å². The highest BCUT2D eigenvalue weighted by atomic mass is 28.4. The predicted molar refractivity (Wildman–Crippen MR) is 98.2 cm³/mol. The Kier molecular flexibility index (Phi) is 5.49. The maximum atomic E-state index is 11.8. The van der Waals surface area contributed by atoms with Gasteiger partial charge in [-0.05, 0) is 43.0 Å². The van der Waals surface area contributed by atoms with Crippen LogP contribution < -0.4 is 5.32 Å². The monoisotopic (exact) mass is 333 g/mol. The smallest absolute Gasteiger partial charge is 0.192 e. The third kappa shape index (κ3) is 4.52. The fourth-order valence-corrected chi connectivity index (χ4v) is 4.25. The molecule has 1 unspecified atom stereocenters. The first-order chi connectivity index (χ1) is 10.7. The van der Waals surface area contributed by atoms with Crippen LogP contribution in [0.15, 0.2) is 30.3 Å². The van der Waals surface area contributed by atoms with Gasteiger partial charge in [-0.3, -0.25) is 0 Å². The molecule has 23 heavy (non-hydrogen) atoms. The van der Waals surface area contributed by atoms with Gasteiger partial charge in [0.1, 0.15) is 6.29 Å². The average molecular weight is 334 g/mol. The molecule has 1 saturated heterocycles. The maximum absolute atomic E-state index is 11.8. The molecule has 1 aliphatic heterocycles. The van der Waals surface area contributed by atoms with Crippen molar-refractivity contribution < 1.29 is 9.22 Å². The van der Waals surface area contributed by atoms with Crippen molar-refractivity contribution in [3.8, 4) is 0 Å². The first kappa shape index (κ1) is 18.4. The molecule has 2 rings (SSSR count). The van der Waals surface area contributed by atoms with Crippen LogP contribution in [0, 0.1) is 0 Å². The van der Waals surface area contributed by atoms with E-state index in [9.17, 15) is 4.79 Å². The fraction of sp³-hybridized carbons (Fsp3) is 0.632. The van der Waals surface area contributed by atoms with Crippen molar-refractivity contribution in [2.45, 2.75) is 69.8 Å². The molecule has 0 aromatic heterocycles. The zero-order chi connectivity index (χ0) is 17.1. The molecule has 1 heterocycles. The second-order valence-electron chi connectivity index (χ2n) is 8.34. The summed E-state index contributed by atoms with van der Waals surface area (Å²) >= 11 is 0. The topological polar surface area (TPSA) is 38.3 Å². The molecule has 128 valence electrons. The number of rotatable bonds is 6. The fourth-order valence-electron chi connectivity index (χ4n) is 2.90. The van der Waals surface area contributed by atoms with E-state index in [1.807, 2.05) is 18.2 Å². The lowest BCUT2D eigenvalue weighted by molar-refractivity contribution is -0.113. The van der Waals surface area contributed by atoms with Gasteiger partial charge in [-0.25, -0.2) is 0 Å². The lowest BCUT2D eigenvalue weighted by Gasteiger charge is -2.38. The van der Waals surface area contributed by atoms with Crippen LogP contribution in [-0.2, 0) is 15.6 Å². The highest BCUT2D eigenvalue weighted by Gasteiger charge is 2.44. The van der Waals surface area contributed by atoms with E-state index in [1.54, 1.807) is 0 Å². The van der Waals surface area contributed by atoms with E-state index in [4.69, 9.17) is 4.43 Å². The number of carbonyl (C=O) groups excluding carboxylic acids is 1. The molecule has 0 aliphatic carbocycles. The zero-order valence-electron chi connectivity index (χ0n) is 15.2. The molecule has 4 heteroatoms. The van der Waals surface area contributed by atoms with E-state index in [2.05, 4.69) is 51.3 Å². The molecular formula is C19H31NO2Si. The quantitative estimate of drug-likeness (QED) is 0.633. The Morgan fingerprint density at radius 2 is 1.96 bits per heavy atom. The Balaban J connectivity index is 1.96. The van der Waals surface area contributed by atoms with Crippen molar-refractivity contribution in [2.75, 3.05) is 6.54 Å². The van der Waals surface area contributed by atoms with Crippen molar-refractivity contribution in [1.29, 1.82) is 0 Å². The van der Waals surface area contributed by atoms with Gasteiger partial charge in [0.25, 0.3) is 0 Å². The lowest BCUT2D eigenvalue weighted by atomic mass is 9.91. The second kappa shape index (κ2) is 6.87. The molecule has 2 atom stereocenters. The third-order valence-corrected chi connectivity index (χ3v) is 10.0. The Labute approximate surface area is 141 Å². The van der Waals surface area contributed by atoms with E-state index in [-0.39, 0.29) is 11.1 Å². The Morgan fingerprint density at radius 1 is 1.30 bits per heavy atom. The zero-order valence-corrected chi connectivity index (χ0v) is 16.2. The normalized spacial score (nSPS) is 25.5. The molecule has 0 spiro atoms. The minimum atomic E-state index is -1.79. The first-order valence-electron chi connectivity index (χ1n) is 8.61. The number of hydrogen-bond donors (Lipinski definition) is 1. The minimum Gasteiger partial charge on any atom is -0.413 e. The van der Waals surface area contributed by atoms with Crippen LogP contribution in [0.2, 0.25) is 18.1 Å². The number of carbonyl (C=O) groups is 1. The summed E-state index contributed by atoms with van der Waals surface area (Å²) in [5.74, 6) is 0. The second-order valence-corrected chi connectivity index (χ2v) is 13.1. The van der Waals surface area contributed by atoms with Crippen molar-refractivity contribution in [1.82, 2.24) is 5.32 Å².